The Morgan fingerprint density at radius 2 is 1.89 bits per heavy atom. The average molecular weight is 377 g/mol. The molecule has 8 nitrogen and oxygen atoms in total. The second-order valence-electron chi connectivity index (χ2n) is 6.94. The number of nitrogens with zero attached hydrogens (tertiary/aromatic N) is 1. The summed E-state index contributed by atoms with van der Waals surface area (Å²) < 4.78 is 0. The summed E-state index contributed by atoms with van der Waals surface area (Å²) in [6.07, 6.45) is 1.49. The number of benzene rings is 1. The van der Waals surface area contributed by atoms with Crippen LogP contribution in [0.3, 0.4) is 0 Å². The fourth-order valence-corrected chi connectivity index (χ4v) is 3.68. The van der Waals surface area contributed by atoms with Crippen LogP contribution in [0.4, 0.5) is 0 Å². The molecule has 1 aromatic carbocycles. The van der Waals surface area contributed by atoms with Crippen molar-refractivity contribution in [3.8, 4) is 0 Å². The highest BCUT2D eigenvalue weighted by atomic mass is 16.4. The molecule has 0 aromatic heterocycles. The van der Waals surface area contributed by atoms with Crippen LogP contribution in [0.1, 0.15) is 43.4 Å². The van der Waals surface area contributed by atoms with E-state index in [1.165, 1.54) is 11.8 Å². The summed E-state index contributed by atoms with van der Waals surface area (Å²) in [6, 6.07) is 2.95. The number of rotatable bonds is 9. The molecule has 4 atom stereocenters. The van der Waals surface area contributed by atoms with E-state index >= 15 is 0 Å². The van der Waals surface area contributed by atoms with E-state index in [1.807, 2.05) is 0 Å². The molecule has 0 radical (unpaired) electrons. The summed E-state index contributed by atoms with van der Waals surface area (Å²) in [4.78, 5) is 38.2. The first-order valence-electron chi connectivity index (χ1n) is 9.09. The summed E-state index contributed by atoms with van der Waals surface area (Å²) in [6.45, 7) is 1.94. The van der Waals surface area contributed by atoms with Gasteiger partial charge in [0, 0.05) is 0 Å². The Kier molecular flexibility index (Phi) is 7.06. The molecule has 0 fully saturated rings. The van der Waals surface area contributed by atoms with E-state index < -0.39 is 41.9 Å². The lowest BCUT2D eigenvalue weighted by Gasteiger charge is -2.44. The Morgan fingerprint density at radius 1 is 1.22 bits per heavy atom. The highest BCUT2D eigenvalue weighted by Crippen LogP contribution is 2.37. The van der Waals surface area contributed by atoms with Crippen molar-refractivity contribution in [2.45, 2.75) is 56.8 Å². The number of hydrogen-bond donors (Lipinski definition) is 4. The lowest BCUT2D eigenvalue weighted by Crippen LogP contribution is -2.58. The Balaban J connectivity index is 2.57. The number of unbranched alkanes of at least 4 members (excludes halogenated alkanes) is 1. The van der Waals surface area contributed by atoms with Crippen LogP contribution >= 0.6 is 0 Å². The first kappa shape index (κ1) is 21.0. The zero-order valence-electron chi connectivity index (χ0n) is 15.4. The van der Waals surface area contributed by atoms with Crippen LogP contribution in [-0.4, -0.2) is 57.5 Å². The highest BCUT2D eigenvalue weighted by Gasteiger charge is 2.47. The zero-order chi connectivity index (χ0) is 20.1. The molecular formula is C19H27N3O5. The van der Waals surface area contributed by atoms with E-state index in [9.17, 15) is 24.6 Å². The second-order valence-corrected chi connectivity index (χ2v) is 6.94. The van der Waals surface area contributed by atoms with Crippen molar-refractivity contribution in [3.05, 3.63) is 35.4 Å². The van der Waals surface area contributed by atoms with E-state index in [-0.39, 0.29) is 12.8 Å². The maximum atomic E-state index is 12.9. The predicted octanol–water partition coefficient (Wildman–Crippen LogP) is 0.538. The topological polar surface area (TPSA) is 147 Å². The lowest BCUT2D eigenvalue weighted by atomic mass is 9.83. The van der Waals surface area contributed by atoms with Gasteiger partial charge in [0.15, 0.2) is 5.78 Å². The first-order chi connectivity index (χ1) is 12.8. The molecule has 148 valence electrons. The minimum Gasteiger partial charge on any atom is -0.480 e. The second kappa shape index (κ2) is 9.07. The molecule has 27 heavy (non-hydrogen) atoms. The minimum absolute atomic E-state index is 0.134. The van der Waals surface area contributed by atoms with Crippen LogP contribution in [0.2, 0.25) is 0 Å². The maximum Gasteiger partial charge on any atom is 0.321 e. The molecule has 0 aliphatic carbocycles. The quantitative estimate of drug-likeness (QED) is 0.456. The fraction of sp³-hybridized carbons (Fsp3) is 0.526. The van der Waals surface area contributed by atoms with Crippen molar-refractivity contribution >= 4 is 17.7 Å². The van der Waals surface area contributed by atoms with Gasteiger partial charge in [-0.15, -0.1) is 0 Å². The van der Waals surface area contributed by atoms with Crippen LogP contribution in [0, 0.1) is 0 Å². The number of carboxylic acid groups (broad SMARTS) is 2. The SMILES string of the molecule is C[C@H](N)C(=O)C1c2ccccc2CC(C(=O)O)N1C(CCCCN)C(=O)O. The van der Waals surface area contributed by atoms with Crippen molar-refractivity contribution in [1.29, 1.82) is 0 Å². The molecule has 0 bridgehead atoms. The molecular weight excluding hydrogens is 350 g/mol. The number of nitrogens with two attached hydrogens (primary N) is 2. The van der Waals surface area contributed by atoms with Crippen LogP contribution in [0.5, 0.6) is 0 Å². The summed E-state index contributed by atoms with van der Waals surface area (Å²) >= 11 is 0. The van der Waals surface area contributed by atoms with Crippen LogP contribution in [-0.2, 0) is 20.8 Å². The van der Waals surface area contributed by atoms with Crippen molar-refractivity contribution in [1.82, 2.24) is 4.90 Å². The molecule has 1 aromatic rings. The van der Waals surface area contributed by atoms with Gasteiger partial charge in [-0.25, -0.2) is 0 Å². The number of aliphatic carboxylic acids is 2. The van der Waals surface area contributed by atoms with Gasteiger partial charge in [0.1, 0.15) is 12.1 Å². The normalized spacial score (nSPS) is 21.9. The smallest absolute Gasteiger partial charge is 0.321 e. The van der Waals surface area contributed by atoms with Crippen LogP contribution < -0.4 is 11.5 Å². The number of carbonyl (C=O) groups is 3. The van der Waals surface area contributed by atoms with Crippen LogP contribution in [0.25, 0.3) is 0 Å². The molecule has 0 spiro atoms. The van der Waals surface area contributed by atoms with Gasteiger partial charge in [-0.3, -0.25) is 19.3 Å². The first-order valence-corrected chi connectivity index (χ1v) is 9.09. The number of fused-ring (bicyclic) bond motifs is 1. The highest BCUT2D eigenvalue weighted by molar-refractivity contribution is 5.92. The average Bonchev–Trinajstić information content (AvgIpc) is 2.62. The number of ketones is 1. The molecule has 1 aliphatic rings. The van der Waals surface area contributed by atoms with E-state index in [2.05, 4.69) is 0 Å². The largest absolute Gasteiger partial charge is 0.480 e. The molecule has 0 saturated carbocycles. The van der Waals surface area contributed by atoms with E-state index in [1.54, 1.807) is 24.3 Å². The van der Waals surface area contributed by atoms with E-state index in [4.69, 9.17) is 11.5 Å². The van der Waals surface area contributed by atoms with Crippen LogP contribution in [0.15, 0.2) is 24.3 Å². The van der Waals surface area contributed by atoms with Gasteiger partial charge in [-0.2, -0.15) is 0 Å². The zero-order valence-corrected chi connectivity index (χ0v) is 15.4. The maximum absolute atomic E-state index is 12.9. The summed E-state index contributed by atoms with van der Waals surface area (Å²) in [5.41, 5.74) is 12.7. The molecule has 1 aliphatic heterocycles. The van der Waals surface area contributed by atoms with Gasteiger partial charge in [0.25, 0.3) is 0 Å². The summed E-state index contributed by atoms with van der Waals surface area (Å²) in [5, 5.41) is 19.6. The van der Waals surface area contributed by atoms with Gasteiger partial charge in [-0.1, -0.05) is 30.7 Å². The van der Waals surface area contributed by atoms with E-state index in [0.29, 0.717) is 24.9 Å². The van der Waals surface area contributed by atoms with E-state index in [0.717, 1.165) is 5.56 Å². The summed E-state index contributed by atoms with van der Waals surface area (Å²) in [5.74, 6) is -2.70. The third kappa shape index (κ3) is 4.52. The molecule has 3 unspecified atom stereocenters. The third-order valence-electron chi connectivity index (χ3n) is 5.00. The monoisotopic (exact) mass is 377 g/mol. The Labute approximate surface area is 158 Å². The number of carboxylic acids is 2. The van der Waals surface area contributed by atoms with Crippen molar-refractivity contribution < 1.29 is 24.6 Å². The molecule has 1 heterocycles. The van der Waals surface area contributed by atoms with Crippen molar-refractivity contribution in [2.75, 3.05) is 6.54 Å². The molecule has 2 rings (SSSR count). The molecule has 0 saturated heterocycles. The Morgan fingerprint density at radius 3 is 2.44 bits per heavy atom. The predicted molar refractivity (Wildman–Crippen MR) is 99.1 cm³/mol. The van der Waals surface area contributed by atoms with Gasteiger partial charge < -0.3 is 21.7 Å². The Hall–Kier alpha value is -2.29. The number of hydrogen-bond acceptors (Lipinski definition) is 6. The van der Waals surface area contributed by atoms with Gasteiger partial charge in [0.2, 0.25) is 0 Å². The Bertz CT molecular complexity index is 706. The standard InChI is InChI=1S/C19H27N3O5/c1-11(21)17(23)16-13-7-3-2-6-12(13)10-15(19(26)27)22(16)14(18(24)25)8-4-5-9-20/h2-3,6-7,11,14-16H,4-5,8-10,20-21H2,1H3,(H,24,25)(H,26,27)/t11-,14?,15?,16?/m0/s1. The minimum atomic E-state index is -1.16. The fourth-order valence-electron chi connectivity index (χ4n) is 3.68. The van der Waals surface area contributed by atoms with Crippen molar-refractivity contribution in [3.63, 3.8) is 0 Å². The lowest BCUT2D eigenvalue weighted by molar-refractivity contribution is -0.156. The van der Waals surface area contributed by atoms with Gasteiger partial charge in [-0.05, 0) is 43.9 Å². The molecule has 0 amide bonds. The van der Waals surface area contributed by atoms with Crippen molar-refractivity contribution in [2.24, 2.45) is 11.5 Å². The summed E-state index contributed by atoms with van der Waals surface area (Å²) in [7, 11) is 0. The number of Topliss-reactive ketones (excluding diaryl/α,β-unsaturated/α-hetero) is 1. The van der Waals surface area contributed by atoms with Gasteiger partial charge >= 0.3 is 11.9 Å². The molecule has 6 N–H and O–H groups in total. The third-order valence-corrected chi connectivity index (χ3v) is 5.00. The number of carbonyl (C=O) groups excluding carboxylic acids is 1. The van der Waals surface area contributed by atoms with Gasteiger partial charge in [0.05, 0.1) is 12.1 Å². The molecule has 8 heteroatoms.